The third kappa shape index (κ3) is 1.92. The molecule has 84 valence electrons. The van der Waals surface area contributed by atoms with Gasteiger partial charge in [-0.05, 0) is 24.3 Å². The lowest BCUT2D eigenvalue weighted by molar-refractivity contribution is 0.442. The van der Waals surface area contributed by atoms with Gasteiger partial charge in [-0.25, -0.2) is 9.37 Å². The zero-order valence-corrected chi connectivity index (χ0v) is 8.59. The van der Waals surface area contributed by atoms with Crippen LogP contribution in [0.2, 0.25) is 0 Å². The summed E-state index contributed by atoms with van der Waals surface area (Å²) in [7, 11) is 0. The van der Waals surface area contributed by atoms with E-state index in [0.717, 1.165) is 5.39 Å². The number of benzene rings is 1. The Labute approximate surface area is 95.3 Å². The molecule has 0 amide bonds. The van der Waals surface area contributed by atoms with Crippen LogP contribution in [0.3, 0.4) is 0 Å². The van der Waals surface area contributed by atoms with E-state index in [-0.39, 0.29) is 11.8 Å². The van der Waals surface area contributed by atoms with Crippen molar-refractivity contribution in [1.29, 1.82) is 0 Å². The van der Waals surface area contributed by atoms with E-state index < -0.39 is 0 Å². The molecule has 0 aliphatic carbocycles. The third-order valence-corrected chi connectivity index (χ3v) is 2.19. The third-order valence-electron chi connectivity index (χ3n) is 2.19. The predicted molar refractivity (Wildman–Crippen MR) is 58.2 cm³/mol. The fourth-order valence-electron chi connectivity index (χ4n) is 1.38. The molecule has 0 fully saturated rings. The Hall–Kier alpha value is -2.50. The van der Waals surface area contributed by atoms with Crippen molar-refractivity contribution in [3.05, 3.63) is 42.5 Å². The quantitative estimate of drug-likeness (QED) is 0.733. The van der Waals surface area contributed by atoms with Crippen LogP contribution in [0.5, 0.6) is 11.8 Å². The molecule has 2 heterocycles. The highest BCUT2D eigenvalue weighted by Gasteiger charge is 2.03. The molecule has 0 atom stereocenters. The largest absolute Gasteiger partial charge is 0.424 e. The van der Waals surface area contributed by atoms with Crippen molar-refractivity contribution >= 4 is 11.0 Å². The van der Waals surface area contributed by atoms with Gasteiger partial charge < -0.3 is 4.74 Å². The molecule has 0 saturated heterocycles. The van der Waals surface area contributed by atoms with Crippen molar-refractivity contribution in [2.24, 2.45) is 0 Å². The van der Waals surface area contributed by atoms with Crippen LogP contribution in [0.4, 0.5) is 4.39 Å². The minimum atomic E-state index is -0.317. The molecular formula is C11H7FN4O. The zero-order valence-electron chi connectivity index (χ0n) is 8.59. The van der Waals surface area contributed by atoms with Gasteiger partial charge in [-0.3, -0.25) is 5.10 Å². The molecule has 0 bridgehead atoms. The van der Waals surface area contributed by atoms with Crippen molar-refractivity contribution in [1.82, 2.24) is 20.2 Å². The van der Waals surface area contributed by atoms with Gasteiger partial charge in [0.2, 0.25) is 0 Å². The number of nitrogens with one attached hydrogen (secondary N) is 1. The molecule has 0 aliphatic rings. The van der Waals surface area contributed by atoms with Crippen molar-refractivity contribution in [3.8, 4) is 11.8 Å². The van der Waals surface area contributed by atoms with Gasteiger partial charge in [0.25, 0.3) is 0 Å². The number of hydrogen-bond acceptors (Lipinski definition) is 4. The van der Waals surface area contributed by atoms with Crippen molar-refractivity contribution in [2.75, 3.05) is 0 Å². The summed E-state index contributed by atoms with van der Waals surface area (Å²) in [5.74, 6) is 0.160. The second-order valence-corrected chi connectivity index (χ2v) is 3.38. The molecule has 6 heteroatoms. The first-order valence-corrected chi connectivity index (χ1v) is 4.91. The molecule has 0 radical (unpaired) electrons. The Morgan fingerprint density at radius 1 is 1.12 bits per heavy atom. The van der Waals surface area contributed by atoms with Gasteiger partial charge in [0.05, 0.1) is 11.6 Å². The summed E-state index contributed by atoms with van der Waals surface area (Å²) in [6, 6.07) is 5.83. The van der Waals surface area contributed by atoms with Gasteiger partial charge in [-0.2, -0.15) is 10.1 Å². The highest BCUT2D eigenvalue weighted by atomic mass is 19.1. The monoisotopic (exact) mass is 230 g/mol. The number of hydrogen-bond donors (Lipinski definition) is 1. The van der Waals surface area contributed by atoms with Crippen molar-refractivity contribution in [3.63, 3.8) is 0 Å². The predicted octanol–water partition coefficient (Wildman–Crippen LogP) is 2.28. The number of rotatable bonds is 2. The summed E-state index contributed by atoms with van der Waals surface area (Å²) in [6.45, 7) is 0. The minimum Gasteiger partial charge on any atom is -0.424 e. The Morgan fingerprint density at radius 2 is 1.94 bits per heavy atom. The van der Waals surface area contributed by atoms with Gasteiger partial charge in [0.15, 0.2) is 5.65 Å². The Bertz CT molecular complexity index is 650. The standard InChI is InChI=1S/C11H7FN4O/c12-8-1-3-9(4-2-8)17-11-13-5-7-6-14-16-10(7)15-11/h1-6H,(H,13,14,15,16). The van der Waals surface area contributed by atoms with Crippen LogP contribution in [0.25, 0.3) is 11.0 Å². The van der Waals surface area contributed by atoms with Crippen LogP contribution < -0.4 is 4.74 Å². The Morgan fingerprint density at radius 3 is 2.76 bits per heavy atom. The topological polar surface area (TPSA) is 63.7 Å². The van der Waals surface area contributed by atoms with Crippen LogP contribution >= 0.6 is 0 Å². The van der Waals surface area contributed by atoms with Gasteiger partial charge in [0, 0.05) is 6.20 Å². The zero-order chi connectivity index (χ0) is 11.7. The Kier molecular flexibility index (Phi) is 2.18. The van der Waals surface area contributed by atoms with Crippen LogP contribution in [0.1, 0.15) is 0 Å². The van der Waals surface area contributed by atoms with Crippen molar-refractivity contribution in [2.45, 2.75) is 0 Å². The summed E-state index contributed by atoms with van der Waals surface area (Å²) in [5, 5.41) is 7.34. The fraction of sp³-hybridized carbons (Fsp3) is 0. The Balaban J connectivity index is 1.91. The fourth-order valence-corrected chi connectivity index (χ4v) is 1.38. The molecule has 3 aromatic rings. The normalized spacial score (nSPS) is 10.6. The number of halogens is 1. The maximum absolute atomic E-state index is 12.7. The van der Waals surface area contributed by atoms with Gasteiger partial charge >= 0.3 is 6.01 Å². The van der Waals surface area contributed by atoms with Crippen LogP contribution in [-0.4, -0.2) is 20.2 Å². The molecule has 5 nitrogen and oxygen atoms in total. The molecule has 1 aromatic carbocycles. The van der Waals surface area contributed by atoms with E-state index in [1.807, 2.05) is 0 Å². The number of aromatic amines is 1. The number of ether oxygens (including phenoxy) is 1. The van der Waals surface area contributed by atoms with Gasteiger partial charge in [-0.1, -0.05) is 0 Å². The molecule has 0 unspecified atom stereocenters. The average Bonchev–Trinajstić information content (AvgIpc) is 2.79. The number of aromatic nitrogens is 4. The molecule has 3 rings (SSSR count). The number of fused-ring (bicyclic) bond motifs is 1. The van der Waals surface area contributed by atoms with Crippen LogP contribution in [0, 0.1) is 5.82 Å². The highest BCUT2D eigenvalue weighted by Crippen LogP contribution is 2.19. The average molecular weight is 230 g/mol. The first kappa shape index (κ1) is 9.71. The molecule has 2 aromatic heterocycles. The molecule has 17 heavy (non-hydrogen) atoms. The van der Waals surface area contributed by atoms with E-state index in [1.54, 1.807) is 12.4 Å². The highest BCUT2D eigenvalue weighted by molar-refractivity contribution is 5.72. The molecule has 0 spiro atoms. The van der Waals surface area contributed by atoms with Gasteiger partial charge in [0.1, 0.15) is 11.6 Å². The van der Waals surface area contributed by atoms with Gasteiger partial charge in [-0.15, -0.1) is 0 Å². The van der Waals surface area contributed by atoms with E-state index in [1.165, 1.54) is 24.3 Å². The first-order chi connectivity index (χ1) is 8.31. The van der Waals surface area contributed by atoms with E-state index in [0.29, 0.717) is 11.4 Å². The summed E-state index contributed by atoms with van der Waals surface area (Å²) >= 11 is 0. The summed E-state index contributed by atoms with van der Waals surface area (Å²) in [4.78, 5) is 8.12. The lowest BCUT2D eigenvalue weighted by Crippen LogP contribution is -1.91. The second kappa shape index (κ2) is 3.82. The number of H-pyrrole nitrogens is 1. The lowest BCUT2D eigenvalue weighted by atomic mass is 10.3. The minimum absolute atomic E-state index is 0.188. The van der Waals surface area contributed by atoms with E-state index >= 15 is 0 Å². The summed E-state index contributed by atoms with van der Waals surface area (Å²) in [5.41, 5.74) is 0.595. The maximum Gasteiger partial charge on any atom is 0.323 e. The maximum atomic E-state index is 12.7. The molecular weight excluding hydrogens is 223 g/mol. The second-order valence-electron chi connectivity index (χ2n) is 3.38. The van der Waals surface area contributed by atoms with Crippen LogP contribution in [-0.2, 0) is 0 Å². The summed E-state index contributed by atoms with van der Waals surface area (Å²) in [6.07, 6.45) is 3.22. The molecule has 0 saturated carbocycles. The SMILES string of the molecule is Fc1ccc(Oc2ncc3cn[nH]c3n2)cc1. The van der Waals surface area contributed by atoms with E-state index in [4.69, 9.17) is 4.74 Å². The molecule has 0 aliphatic heterocycles. The smallest absolute Gasteiger partial charge is 0.323 e. The van der Waals surface area contributed by atoms with Crippen molar-refractivity contribution < 1.29 is 9.13 Å². The number of nitrogens with zero attached hydrogens (tertiary/aromatic N) is 3. The summed E-state index contributed by atoms with van der Waals surface area (Å²) < 4.78 is 18.1. The van der Waals surface area contributed by atoms with Crippen LogP contribution in [0.15, 0.2) is 36.7 Å². The molecule has 1 N–H and O–H groups in total. The first-order valence-electron chi connectivity index (χ1n) is 4.91. The lowest BCUT2D eigenvalue weighted by Gasteiger charge is -2.02. The van der Waals surface area contributed by atoms with E-state index in [9.17, 15) is 4.39 Å². The van der Waals surface area contributed by atoms with E-state index in [2.05, 4.69) is 20.2 Å².